The first-order valence-electron chi connectivity index (χ1n) is 6.78. The van der Waals surface area contributed by atoms with E-state index in [1.807, 2.05) is 12.1 Å². The van der Waals surface area contributed by atoms with E-state index in [1.54, 1.807) is 12.1 Å². The molecule has 0 saturated heterocycles. The van der Waals surface area contributed by atoms with Crippen LogP contribution in [-0.2, 0) is 19.5 Å². The highest BCUT2D eigenvalue weighted by Gasteiger charge is 2.03. The first-order chi connectivity index (χ1) is 9.70. The van der Waals surface area contributed by atoms with Crippen molar-refractivity contribution in [2.75, 3.05) is 6.54 Å². The molecule has 0 fully saturated rings. The number of nitro benzene ring substituents is 1. The van der Waals surface area contributed by atoms with Crippen LogP contribution < -0.4 is 5.32 Å². The van der Waals surface area contributed by atoms with Gasteiger partial charge in [-0.3, -0.25) is 10.1 Å². The van der Waals surface area contributed by atoms with Crippen LogP contribution in [0.5, 0.6) is 0 Å². The van der Waals surface area contributed by atoms with E-state index < -0.39 is 0 Å². The van der Waals surface area contributed by atoms with Gasteiger partial charge in [-0.05, 0) is 37.6 Å². The SMILES string of the molecule is CCn1cccc1CNCCc1ccc([N+](=O)[O-])cc1. The lowest BCUT2D eigenvalue weighted by atomic mass is 10.1. The molecule has 106 valence electrons. The van der Waals surface area contributed by atoms with Gasteiger partial charge in [-0.15, -0.1) is 0 Å². The number of non-ortho nitro benzene ring substituents is 1. The summed E-state index contributed by atoms with van der Waals surface area (Å²) in [6, 6.07) is 10.9. The molecule has 0 saturated carbocycles. The lowest BCUT2D eigenvalue weighted by Crippen LogP contribution is -2.18. The number of benzene rings is 1. The molecule has 0 atom stereocenters. The first-order valence-corrected chi connectivity index (χ1v) is 6.78. The zero-order chi connectivity index (χ0) is 14.4. The number of nitrogens with zero attached hydrogens (tertiary/aromatic N) is 2. The summed E-state index contributed by atoms with van der Waals surface area (Å²) < 4.78 is 2.21. The number of nitrogens with one attached hydrogen (secondary N) is 1. The second kappa shape index (κ2) is 6.86. The molecule has 0 aliphatic carbocycles. The fraction of sp³-hybridized carbons (Fsp3) is 0.333. The summed E-state index contributed by atoms with van der Waals surface area (Å²) in [5, 5.41) is 13.9. The average molecular weight is 273 g/mol. The Bertz CT molecular complexity index is 561. The first kappa shape index (κ1) is 14.3. The van der Waals surface area contributed by atoms with E-state index in [2.05, 4.69) is 35.1 Å². The molecule has 1 aromatic carbocycles. The van der Waals surface area contributed by atoms with Crippen molar-refractivity contribution in [2.45, 2.75) is 26.4 Å². The van der Waals surface area contributed by atoms with E-state index in [4.69, 9.17) is 0 Å². The molecular formula is C15H19N3O2. The fourth-order valence-electron chi connectivity index (χ4n) is 2.15. The molecule has 5 heteroatoms. The molecule has 0 unspecified atom stereocenters. The van der Waals surface area contributed by atoms with Gasteiger partial charge in [0.2, 0.25) is 0 Å². The Hall–Kier alpha value is -2.14. The van der Waals surface area contributed by atoms with E-state index >= 15 is 0 Å². The maximum absolute atomic E-state index is 10.6. The van der Waals surface area contributed by atoms with Gasteiger partial charge in [0, 0.05) is 37.1 Å². The van der Waals surface area contributed by atoms with Crippen molar-refractivity contribution >= 4 is 5.69 Å². The van der Waals surface area contributed by atoms with Crippen LogP contribution in [0.2, 0.25) is 0 Å². The monoisotopic (exact) mass is 273 g/mol. The molecule has 2 aromatic rings. The Balaban J connectivity index is 1.77. The molecule has 1 aromatic heterocycles. The van der Waals surface area contributed by atoms with Gasteiger partial charge in [0.05, 0.1) is 4.92 Å². The van der Waals surface area contributed by atoms with Crippen LogP contribution in [0.15, 0.2) is 42.6 Å². The highest BCUT2D eigenvalue weighted by Crippen LogP contribution is 2.12. The van der Waals surface area contributed by atoms with E-state index in [0.29, 0.717) is 0 Å². The maximum atomic E-state index is 10.6. The van der Waals surface area contributed by atoms with Gasteiger partial charge in [0.1, 0.15) is 0 Å². The number of nitro groups is 1. The highest BCUT2D eigenvalue weighted by molar-refractivity contribution is 5.32. The molecule has 5 nitrogen and oxygen atoms in total. The Morgan fingerprint density at radius 3 is 2.65 bits per heavy atom. The van der Waals surface area contributed by atoms with Crippen LogP contribution in [0.1, 0.15) is 18.2 Å². The summed E-state index contributed by atoms with van der Waals surface area (Å²) in [5.41, 5.74) is 2.52. The Morgan fingerprint density at radius 2 is 2.00 bits per heavy atom. The van der Waals surface area contributed by atoms with Gasteiger partial charge in [0.25, 0.3) is 5.69 Å². The van der Waals surface area contributed by atoms with Gasteiger partial charge in [-0.2, -0.15) is 0 Å². The molecule has 20 heavy (non-hydrogen) atoms. The van der Waals surface area contributed by atoms with Crippen LogP contribution in [0.3, 0.4) is 0 Å². The zero-order valence-corrected chi connectivity index (χ0v) is 11.6. The lowest BCUT2D eigenvalue weighted by molar-refractivity contribution is -0.384. The second-order valence-electron chi connectivity index (χ2n) is 4.64. The van der Waals surface area contributed by atoms with Crippen molar-refractivity contribution in [2.24, 2.45) is 0 Å². The molecule has 0 radical (unpaired) electrons. The molecule has 0 aliphatic rings. The van der Waals surface area contributed by atoms with Crippen LogP contribution in [0.25, 0.3) is 0 Å². The van der Waals surface area contributed by atoms with Crippen molar-refractivity contribution in [1.82, 2.24) is 9.88 Å². The summed E-state index contributed by atoms with van der Waals surface area (Å²) in [5.74, 6) is 0. The van der Waals surface area contributed by atoms with Gasteiger partial charge >= 0.3 is 0 Å². The molecular weight excluding hydrogens is 254 g/mol. The van der Waals surface area contributed by atoms with Crippen LogP contribution in [0, 0.1) is 10.1 Å². The van der Waals surface area contributed by atoms with E-state index in [9.17, 15) is 10.1 Å². The third-order valence-electron chi connectivity index (χ3n) is 3.31. The minimum atomic E-state index is -0.374. The van der Waals surface area contributed by atoms with Crippen molar-refractivity contribution in [3.63, 3.8) is 0 Å². The molecule has 0 aliphatic heterocycles. The third-order valence-corrected chi connectivity index (χ3v) is 3.31. The fourth-order valence-corrected chi connectivity index (χ4v) is 2.15. The largest absolute Gasteiger partial charge is 0.351 e. The predicted molar refractivity (Wildman–Crippen MR) is 78.6 cm³/mol. The van der Waals surface area contributed by atoms with Crippen molar-refractivity contribution in [1.29, 1.82) is 0 Å². The van der Waals surface area contributed by atoms with Crippen molar-refractivity contribution in [3.8, 4) is 0 Å². The standard InChI is InChI=1S/C15H19N3O2/c1-2-17-11-3-4-15(17)12-16-10-9-13-5-7-14(8-6-13)18(19)20/h3-8,11,16H,2,9-10,12H2,1H3. The van der Waals surface area contributed by atoms with Crippen molar-refractivity contribution < 1.29 is 4.92 Å². The van der Waals surface area contributed by atoms with E-state index in [0.717, 1.165) is 31.6 Å². The number of aromatic nitrogens is 1. The predicted octanol–water partition coefficient (Wildman–Crippen LogP) is 2.75. The highest BCUT2D eigenvalue weighted by atomic mass is 16.6. The molecule has 2 rings (SSSR count). The Morgan fingerprint density at radius 1 is 1.25 bits per heavy atom. The molecule has 1 heterocycles. The number of aryl methyl sites for hydroxylation is 1. The van der Waals surface area contributed by atoms with Gasteiger partial charge in [-0.25, -0.2) is 0 Å². The topological polar surface area (TPSA) is 60.1 Å². The Labute approximate surface area is 118 Å². The number of hydrogen-bond acceptors (Lipinski definition) is 3. The molecule has 0 amide bonds. The normalized spacial score (nSPS) is 10.7. The van der Waals surface area contributed by atoms with Gasteiger partial charge < -0.3 is 9.88 Å². The lowest BCUT2D eigenvalue weighted by Gasteiger charge is -2.08. The van der Waals surface area contributed by atoms with Crippen LogP contribution in [-0.4, -0.2) is 16.0 Å². The zero-order valence-electron chi connectivity index (χ0n) is 11.6. The van der Waals surface area contributed by atoms with Gasteiger partial charge in [0.15, 0.2) is 0 Å². The smallest absolute Gasteiger partial charge is 0.269 e. The Kier molecular flexibility index (Phi) is 4.90. The minimum Gasteiger partial charge on any atom is -0.351 e. The third kappa shape index (κ3) is 3.68. The number of rotatable bonds is 7. The quantitative estimate of drug-likeness (QED) is 0.479. The second-order valence-corrected chi connectivity index (χ2v) is 4.64. The number of hydrogen-bond donors (Lipinski definition) is 1. The maximum Gasteiger partial charge on any atom is 0.269 e. The summed E-state index contributed by atoms with van der Waals surface area (Å²) in [6.07, 6.45) is 2.94. The summed E-state index contributed by atoms with van der Waals surface area (Å²) in [6.45, 7) is 4.80. The summed E-state index contributed by atoms with van der Waals surface area (Å²) >= 11 is 0. The minimum absolute atomic E-state index is 0.141. The van der Waals surface area contributed by atoms with Crippen molar-refractivity contribution in [3.05, 3.63) is 64.0 Å². The summed E-state index contributed by atoms with van der Waals surface area (Å²) in [4.78, 5) is 10.2. The van der Waals surface area contributed by atoms with Crippen LogP contribution in [0.4, 0.5) is 5.69 Å². The molecule has 0 bridgehead atoms. The average Bonchev–Trinajstić information content (AvgIpc) is 2.91. The molecule has 1 N–H and O–H groups in total. The van der Waals surface area contributed by atoms with Gasteiger partial charge in [-0.1, -0.05) is 12.1 Å². The van der Waals surface area contributed by atoms with E-state index in [-0.39, 0.29) is 10.6 Å². The summed E-state index contributed by atoms with van der Waals surface area (Å²) in [7, 11) is 0. The van der Waals surface area contributed by atoms with Crippen LogP contribution >= 0.6 is 0 Å². The molecule has 0 spiro atoms. The van der Waals surface area contributed by atoms with E-state index in [1.165, 1.54) is 5.69 Å².